The molecule has 1 aromatic heterocycles. The van der Waals surface area contributed by atoms with E-state index in [1.54, 1.807) is 6.20 Å². The summed E-state index contributed by atoms with van der Waals surface area (Å²) in [6.07, 6.45) is 1.56. The molecule has 3 N–H and O–H groups in total. The van der Waals surface area contributed by atoms with Gasteiger partial charge in [-0.25, -0.2) is 4.68 Å². The largest absolute Gasteiger partial charge is 0.349 e. The second-order valence-electron chi connectivity index (χ2n) is 4.03. The van der Waals surface area contributed by atoms with E-state index in [1.165, 1.54) is 22.9 Å². The van der Waals surface area contributed by atoms with Gasteiger partial charge in [0.25, 0.3) is 5.69 Å². The van der Waals surface area contributed by atoms with Gasteiger partial charge in [-0.1, -0.05) is 16.8 Å². The zero-order valence-electron chi connectivity index (χ0n) is 10.7. The average molecular weight is 311 g/mol. The predicted molar refractivity (Wildman–Crippen MR) is 73.9 cm³/mol. The van der Waals surface area contributed by atoms with Gasteiger partial charge in [0.05, 0.1) is 34.9 Å². The Morgan fingerprint density at radius 1 is 1.52 bits per heavy atom. The molecule has 1 amide bonds. The van der Waals surface area contributed by atoms with Gasteiger partial charge in [0.1, 0.15) is 5.69 Å². The van der Waals surface area contributed by atoms with Gasteiger partial charge >= 0.3 is 0 Å². The van der Waals surface area contributed by atoms with Crippen LogP contribution in [0.2, 0.25) is 5.02 Å². The lowest BCUT2D eigenvalue weighted by Crippen LogP contribution is -2.29. The van der Waals surface area contributed by atoms with E-state index in [9.17, 15) is 14.9 Å². The molecule has 0 aliphatic carbocycles. The number of nitrogens with one attached hydrogen (secondary N) is 1. The standard InChI is InChI=1S/C11H11ClN6O3/c12-9-3-8(18(20)21)1-2-10(9)17-6-7(15-16-17)5-14-11(19)4-13/h1-3,6H,4-5,13H2,(H,14,19). The van der Waals surface area contributed by atoms with Gasteiger partial charge in [0.2, 0.25) is 5.91 Å². The van der Waals surface area contributed by atoms with E-state index in [0.717, 1.165) is 0 Å². The van der Waals surface area contributed by atoms with E-state index >= 15 is 0 Å². The number of aromatic nitrogens is 3. The van der Waals surface area contributed by atoms with Crippen LogP contribution in [0, 0.1) is 10.1 Å². The van der Waals surface area contributed by atoms with Crippen molar-refractivity contribution in [1.82, 2.24) is 20.3 Å². The maximum absolute atomic E-state index is 11.0. The summed E-state index contributed by atoms with van der Waals surface area (Å²) in [5, 5.41) is 21.1. The van der Waals surface area contributed by atoms with Crippen LogP contribution >= 0.6 is 11.6 Å². The number of rotatable bonds is 5. The highest BCUT2D eigenvalue weighted by molar-refractivity contribution is 6.32. The average Bonchev–Trinajstić information content (AvgIpc) is 2.93. The quantitative estimate of drug-likeness (QED) is 0.607. The Morgan fingerprint density at radius 2 is 2.29 bits per heavy atom. The SMILES string of the molecule is NCC(=O)NCc1cn(-c2ccc([N+](=O)[O-])cc2Cl)nn1. The second kappa shape index (κ2) is 6.29. The molecule has 0 saturated carbocycles. The molecule has 0 unspecified atom stereocenters. The number of hydrogen-bond donors (Lipinski definition) is 2. The maximum atomic E-state index is 11.0. The van der Waals surface area contributed by atoms with Gasteiger partial charge < -0.3 is 11.1 Å². The highest BCUT2D eigenvalue weighted by Crippen LogP contribution is 2.24. The van der Waals surface area contributed by atoms with Crippen LogP contribution in [-0.4, -0.2) is 32.4 Å². The summed E-state index contributed by atoms with van der Waals surface area (Å²) in [4.78, 5) is 21.1. The minimum absolute atomic E-state index is 0.109. The van der Waals surface area contributed by atoms with Crippen LogP contribution in [0.3, 0.4) is 0 Å². The van der Waals surface area contributed by atoms with Crippen LogP contribution in [0.15, 0.2) is 24.4 Å². The minimum Gasteiger partial charge on any atom is -0.349 e. The molecule has 2 aromatic rings. The molecule has 0 radical (unpaired) electrons. The Hall–Kier alpha value is -2.52. The van der Waals surface area contributed by atoms with Crippen LogP contribution < -0.4 is 11.1 Å². The van der Waals surface area contributed by atoms with Crippen molar-refractivity contribution < 1.29 is 9.72 Å². The molecule has 9 nitrogen and oxygen atoms in total. The number of amides is 1. The predicted octanol–water partition coefficient (Wildman–Crippen LogP) is 0.404. The highest BCUT2D eigenvalue weighted by Gasteiger charge is 2.12. The number of carbonyl (C=O) groups is 1. The van der Waals surface area contributed by atoms with E-state index in [1.807, 2.05) is 0 Å². The molecule has 0 aliphatic rings. The Labute approximate surface area is 123 Å². The smallest absolute Gasteiger partial charge is 0.271 e. The van der Waals surface area contributed by atoms with E-state index in [4.69, 9.17) is 17.3 Å². The summed E-state index contributed by atoms with van der Waals surface area (Å²) in [5.41, 5.74) is 6.01. The molecule has 10 heteroatoms. The molecule has 0 atom stereocenters. The summed E-state index contributed by atoms with van der Waals surface area (Å²) >= 11 is 5.99. The normalized spacial score (nSPS) is 10.4. The molecule has 0 spiro atoms. The molecule has 0 fully saturated rings. The van der Waals surface area contributed by atoms with Gasteiger partial charge in [0, 0.05) is 12.1 Å². The van der Waals surface area contributed by atoms with Crippen LogP contribution in [-0.2, 0) is 11.3 Å². The first kappa shape index (κ1) is 14.9. The third-order valence-electron chi connectivity index (χ3n) is 2.58. The maximum Gasteiger partial charge on any atom is 0.271 e. The highest BCUT2D eigenvalue weighted by atomic mass is 35.5. The fourth-order valence-electron chi connectivity index (χ4n) is 1.55. The Morgan fingerprint density at radius 3 is 2.90 bits per heavy atom. The zero-order valence-corrected chi connectivity index (χ0v) is 11.4. The molecule has 21 heavy (non-hydrogen) atoms. The number of nitro groups is 1. The topological polar surface area (TPSA) is 129 Å². The van der Waals surface area contributed by atoms with Crippen LogP contribution in [0.4, 0.5) is 5.69 Å². The number of halogens is 1. The first-order valence-electron chi connectivity index (χ1n) is 5.83. The molecule has 0 bridgehead atoms. The Kier molecular flexibility index (Phi) is 4.45. The van der Waals surface area contributed by atoms with Crippen molar-refractivity contribution in [2.24, 2.45) is 5.73 Å². The van der Waals surface area contributed by atoms with Gasteiger partial charge in [0.15, 0.2) is 0 Å². The first-order valence-corrected chi connectivity index (χ1v) is 6.21. The summed E-state index contributed by atoms with van der Waals surface area (Å²) in [6.45, 7) is 0.0724. The molecule has 0 saturated heterocycles. The van der Waals surface area contributed by atoms with E-state index in [2.05, 4.69) is 15.6 Å². The number of nitrogens with two attached hydrogens (primary N) is 1. The molecule has 1 heterocycles. The van der Waals surface area contributed by atoms with Crippen LogP contribution in [0.1, 0.15) is 5.69 Å². The van der Waals surface area contributed by atoms with Crippen molar-refractivity contribution in [3.05, 3.63) is 45.2 Å². The summed E-state index contributed by atoms with van der Waals surface area (Å²) in [6, 6.07) is 4.02. The fraction of sp³-hybridized carbons (Fsp3) is 0.182. The van der Waals surface area contributed by atoms with E-state index < -0.39 is 4.92 Å². The van der Waals surface area contributed by atoms with Crippen molar-refractivity contribution in [3.8, 4) is 5.69 Å². The van der Waals surface area contributed by atoms with Gasteiger partial charge in [-0.2, -0.15) is 0 Å². The minimum atomic E-state index is -0.537. The third-order valence-corrected chi connectivity index (χ3v) is 2.88. The van der Waals surface area contributed by atoms with Crippen molar-refractivity contribution >= 4 is 23.2 Å². The molecule has 0 aliphatic heterocycles. The van der Waals surface area contributed by atoms with Gasteiger partial charge in [-0.05, 0) is 6.07 Å². The lowest BCUT2D eigenvalue weighted by Gasteiger charge is -2.02. The third kappa shape index (κ3) is 3.52. The number of nitro benzene ring substituents is 1. The van der Waals surface area contributed by atoms with Crippen LogP contribution in [0.5, 0.6) is 0 Å². The zero-order chi connectivity index (χ0) is 15.4. The van der Waals surface area contributed by atoms with Crippen molar-refractivity contribution in [1.29, 1.82) is 0 Å². The monoisotopic (exact) mass is 310 g/mol. The Balaban J connectivity index is 2.17. The van der Waals surface area contributed by atoms with E-state index in [-0.39, 0.29) is 29.7 Å². The van der Waals surface area contributed by atoms with Gasteiger partial charge in [-0.3, -0.25) is 14.9 Å². The second-order valence-corrected chi connectivity index (χ2v) is 4.44. The number of non-ortho nitro benzene ring substituents is 1. The number of carbonyl (C=O) groups excluding carboxylic acids is 1. The first-order chi connectivity index (χ1) is 10.0. The summed E-state index contributed by atoms with van der Waals surface area (Å²) in [5.74, 6) is -0.307. The van der Waals surface area contributed by atoms with Crippen LogP contribution in [0.25, 0.3) is 5.69 Å². The molecule has 1 aromatic carbocycles. The fourth-order valence-corrected chi connectivity index (χ4v) is 1.82. The van der Waals surface area contributed by atoms with E-state index in [0.29, 0.717) is 11.4 Å². The summed E-state index contributed by atoms with van der Waals surface area (Å²) in [7, 11) is 0. The lowest BCUT2D eigenvalue weighted by atomic mass is 10.3. The summed E-state index contributed by atoms with van der Waals surface area (Å²) < 4.78 is 1.37. The van der Waals surface area contributed by atoms with Gasteiger partial charge in [-0.15, -0.1) is 5.10 Å². The van der Waals surface area contributed by atoms with Crippen molar-refractivity contribution in [2.45, 2.75) is 6.54 Å². The molecular formula is C11H11ClN6O3. The number of hydrogen-bond acceptors (Lipinski definition) is 6. The number of nitrogens with zero attached hydrogens (tertiary/aromatic N) is 4. The molecule has 110 valence electrons. The number of benzene rings is 1. The lowest BCUT2D eigenvalue weighted by molar-refractivity contribution is -0.384. The Bertz CT molecular complexity index is 686. The van der Waals surface area contributed by atoms with Crippen molar-refractivity contribution in [3.63, 3.8) is 0 Å². The molecular weight excluding hydrogens is 300 g/mol. The molecule has 2 rings (SSSR count). The van der Waals surface area contributed by atoms with Crippen molar-refractivity contribution in [2.75, 3.05) is 6.54 Å².